The van der Waals surface area contributed by atoms with E-state index in [0.717, 1.165) is 4.31 Å². The predicted octanol–water partition coefficient (Wildman–Crippen LogP) is 2.36. The summed E-state index contributed by atoms with van der Waals surface area (Å²) in [5.41, 5.74) is 1.37. The van der Waals surface area contributed by atoms with Crippen LogP contribution in [-0.4, -0.2) is 92.0 Å². The molecule has 200 valence electrons. The summed E-state index contributed by atoms with van der Waals surface area (Å²) in [6.45, 7) is -2.95. The van der Waals surface area contributed by atoms with Gasteiger partial charge in [-0.05, 0) is 25.7 Å². The van der Waals surface area contributed by atoms with Gasteiger partial charge in [-0.15, -0.1) is 0 Å². The highest BCUT2D eigenvalue weighted by Gasteiger charge is 2.73. The van der Waals surface area contributed by atoms with Gasteiger partial charge in [-0.2, -0.15) is 26.3 Å². The van der Waals surface area contributed by atoms with Crippen molar-refractivity contribution in [2.24, 2.45) is 5.92 Å². The largest absolute Gasteiger partial charge is 0.381 e. The second-order valence-electron chi connectivity index (χ2n) is 8.43. The van der Waals surface area contributed by atoms with Gasteiger partial charge in [0.1, 0.15) is 6.61 Å². The summed E-state index contributed by atoms with van der Waals surface area (Å²) < 4.78 is 129. The third-order valence-electron chi connectivity index (χ3n) is 6.24. The van der Waals surface area contributed by atoms with Crippen LogP contribution in [0.3, 0.4) is 0 Å². The zero-order chi connectivity index (χ0) is 26.0. The smallest absolute Gasteiger partial charge is 0.377 e. The first-order chi connectivity index (χ1) is 15.6. The van der Waals surface area contributed by atoms with E-state index in [1.165, 1.54) is 5.48 Å². The van der Waals surface area contributed by atoms with Crippen molar-refractivity contribution < 1.29 is 58.6 Å². The SMILES string of the molecule is CC(F)C(F)(F)C(F)(F)C(F)(F)COCC1CCN(S(=O)(=O)C2(C(=O)NO)CCOCC2)CC1. The number of halogens is 7. The highest BCUT2D eigenvalue weighted by Crippen LogP contribution is 2.48. The normalized spacial score (nSPS) is 22.4. The van der Waals surface area contributed by atoms with Gasteiger partial charge in [-0.1, -0.05) is 0 Å². The number of hydroxylamine groups is 1. The van der Waals surface area contributed by atoms with Crippen molar-refractivity contribution in [3.63, 3.8) is 0 Å². The molecule has 1 amide bonds. The highest BCUT2D eigenvalue weighted by atomic mass is 32.2. The summed E-state index contributed by atoms with van der Waals surface area (Å²) in [7, 11) is -4.27. The lowest BCUT2D eigenvalue weighted by molar-refractivity contribution is -0.332. The molecule has 2 aliphatic rings. The van der Waals surface area contributed by atoms with E-state index in [1.807, 2.05) is 0 Å². The molecule has 2 aliphatic heterocycles. The van der Waals surface area contributed by atoms with Crippen molar-refractivity contribution in [1.82, 2.24) is 9.79 Å². The van der Waals surface area contributed by atoms with E-state index in [9.17, 15) is 43.9 Å². The van der Waals surface area contributed by atoms with Crippen LogP contribution in [0.5, 0.6) is 0 Å². The molecule has 2 rings (SSSR count). The number of carbonyl (C=O) groups is 1. The Hall–Kier alpha value is -1.23. The van der Waals surface area contributed by atoms with E-state index in [4.69, 9.17) is 9.94 Å². The van der Waals surface area contributed by atoms with Gasteiger partial charge in [0, 0.05) is 45.8 Å². The van der Waals surface area contributed by atoms with Crippen LogP contribution in [0.1, 0.15) is 32.6 Å². The van der Waals surface area contributed by atoms with Gasteiger partial charge in [-0.25, -0.2) is 22.6 Å². The zero-order valence-electron chi connectivity index (χ0n) is 18.2. The van der Waals surface area contributed by atoms with Crippen LogP contribution < -0.4 is 5.48 Å². The monoisotopic (exact) mass is 532 g/mol. The molecule has 2 N–H and O–H groups in total. The van der Waals surface area contributed by atoms with E-state index < -0.39 is 63.7 Å². The Morgan fingerprint density at radius 2 is 1.71 bits per heavy atom. The first-order valence-corrected chi connectivity index (χ1v) is 11.9. The Kier molecular flexibility index (Phi) is 8.87. The summed E-state index contributed by atoms with van der Waals surface area (Å²) in [5.74, 6) is -18.6. The Morgan fingerprint density at radius 3 is 2.18 bits per heavy atom. The van der Waals surface area contributed by atoms with Gasteiger partial charge in [-0.3, -0.25) is 10.0 Å². The van der Waals surface area contributed by atoms with Crippen LogP contribution in [-0.2, 0) is 24.3 Å². The zero-order valence-corrected chi connectivity index (χ0v) is 19.0. The summed E-state index contributed by atoms with van der Waals surface area (Å²) in [4.78, 5) is 12.2. The molecule has 0 bridgehead atoms. The molecule has 8 nitrogen and oxygen atoms in total. The number of alkyl halides is 7. The number of ether oxygens (including phenoxy) is 2. The van der Waals surface area contributed by atoms with Crippen LogP contribution in [0.4, 0.5) is 30.7 Å². The second-order valence-corrected chi connectivity index (χ2v) is 10.7. The summed E-state index contributed by atoms with van der Waals surface area (Å²) >= 11 is 0. The lowest BCUT2D eigenvalue weighted by Gasteiger charge is -2.40. The molecule has 34 heavy (non-hydrogen) atoms. The molecule has 2 heterocycles. The summed E-state index contributed by atoms with van der Waals surface area (Å²) in [6.07, 6.45) is -3.82. The number of nitrogens with one attached hydrogen (secondary N) is 1. The maximum absolute atomic E-state index is 13.7. The van der Waals surface area contributed by atoms with Crippen LogP contribution >= 0.6 is 0 Å². The minimum Gasteiger partial charge on any atom is -0.381 e. The highest BCUT2D eigenvalue weighted by molar-refractivity contribution is 7.91. The second kappa shape index (κ2) is 10.4. The average molecular weight is 532 g/mol. The van der Waals surface area contributed by atoms with Gasteiger partial charge < -0.3 is 9.47 Å². The quantitative estimate of drug-likeness (QED) is 0.254. The molecule has 0 radical (unpaired) electrons. The molecule has 0 aromatic rings. The van der Waals surface area contributed by atoms with E-state index in [1.54, 1.807) is 0 Å². The first-order valence-electron chi connectivity index (χ1n) is 10.4. The average Bonchev–Trinajstić information content (AvgIpc) is 2.78. The van der Waals surface area contributed by atoms with Crippen LogP contribution in [0, 0.1) is 5.92 Å². The van der Waals surface area contributed by atoms with Crippen molar-refractivity contribution in [3.05, 3.63) is 0 Å². The fraction of sp³-hybridized carbons (Fsp3) is 0.944. The fourth-order valence-electron chi connectivity index (χ4n) is 3.91. The molecular formula is C18H27F7N2O6S. The van der Waals surface area contributed by atoms with Gasteiger partial charge in [0.15, 0.2) is 10.9 Å². The third-order valence-corrected chi connectivity index (χ3v) is 8.86. The Bertz CT molecular complexity index is 814. The Balaban J connectivity index is 1.96. The number of sulfonamides is 1. The number of amides is 1. The molecule has 0 saturated carbocycles. The van der Waals surface area contributed by atoms with Crippen molar-refractivity contribution in [3.8, 4) is 0 Å². The maximum Gasteiger partial charge on any atom is 0.377 e. The minimum atomic E-state index is -5.99. The van der Waals surface area contributed by atoms with Gasteiger partial charge in [0.2, 0.25) is 10.0 Å². The molecule has 1 atom stereocenters. The molecule has 2 fully saturated rings. The minimum absolute atomic E-state index is 0.0317. The molecule has 0 spiro atoms. The number of hydrogen-bond acceptors (Lipinski definition) is 6. The third kappa shape index (κ3) is 5.15. The molecule has 2 saturated heterocycles. The van der Waals surface area contributed by atoms with Crippen molar-refractivity contribution in [1.29, 1.82) is 0 Å². The Labute approximate surface area is 191 Å². The predicted molar refractivity (Wildman–Crippen MR) is 102 cm³/mol. The fourth-order valence-corrected chi connectivity index (χ4v) is 6.05. The first kappa shape index (κ1) is 29.0. The molecule has 0 aromatic heterocycles. The topological polar surface area (TPSA) is 105 Å². The molecular weight excluding hydrogens is 505 g/mol. The number of nitrogens with zero attached hydrogens (tertiary/aromatic N) is 1. The lowest BCUT2D eigenvalue weighted by Crippen LogP contribution is -2.60. The number of rotatable bonds is 10. The van der Waals surface area contributed by atoms with Crippen molar-refractivity contribution >= 4 is 15.9 Å². The van der Waals surface area contributed by atoms with Gasteiger partial charge in [0.05, 0.1) is 0 Å². The lowest BCUT2D eigenvalue weighted by atomic mass is 9.98. The molecule has 1 unspecified atom stereocenters. The van der Waals surface area contributed by atoms with E-state index >= 15 is 0 Å². The Morgan fingerprint density at radius 1 is 1.18 bits per heavy atom. The maximum atomic E-state index is 13.7. The van der Waals surface area contributed by atoms with E-state index in [-0.39, 0.29) is 58.9 Å². The molecule has 0 aliphatic carbocycles. The van der Waals surface area contributed by atoms with Crippen molar-refractivity contribution in [2.75, 3.05) is 39.5 Å². The standard InChI is InChI=1S/C18H27F7N2O6S/c1-12(19)17(22,23)18(24,25)16(20,21)11-33-10-13-2-6-27(7-3-13)34(30,31)15(14(28)26-29)4-8-32-9-5-15/h12-13,29H,2-11H2,1H3,(H,26,28). The molecule has 0 aromatic carbocycles. The van der Waals surface area contributed by atoms with Crippen LogP contribution in [0.25, 0.3) is 0 Å². The van der Waals surface area contributed by atoms with Gasteiger partial charge in [0.25, 0.3) is 5.91 Å². The van der Waals surface area contributed by atoms with Crippen molar-refractivity contribution in [2.45, 2.75) is 61.3 Å². The van der Waals surface area contributed by atoms with E-state index in [0.29, 0.717) is 0 Å². The van der Waals surface area contributed by atoms with Gasteiger partial charge >= 0.3 is 17.8 Å². The van der Waals surface area contributed by atoms with E-state index in [2.05, 4.69) is 4.74 Å². The molecule has 16 heteroatoms. The summed E-state index contributed by atoms with van der Waals surface area (Å²) in [5, 5.41) is 9.03. The van der Waals surface area contributed by atoms with Crippen LogP contribution in [0.2, 0.25) is 0 Å². The number of hydrogen-bond donors (Lipinski definition) is 2. The summed E-state index contributed by atoms with van der Waals surface area (Å²) in [6, 6.07) is 0. The number of piperidine rings is 1. The number of carbonyl (C=O) groups excluding carboxylic acids is 1. The van der Waals surface area contributed by atoms with Crippen LogP contribution in [0.15, 0.2) is 0 Å².